The topological polar surface area (TPSA) is 98.8 Å². The molecule has 0 saturated carbocycles. The fraction of sp³-hybridized carbons (Fsp3) is 0.474. The highest BCUT2D eigenvalue weighted by Crippen LogP contribution is 2.36. The van der Waals surface area contributed by atoms with E-state index in [4.69, 9.17) is 32.6 Å². The zero-order valence-electron chi connectivity index (χ0n) is 28.3. The van der Waals surface area contributed by atoms with Gasteiger partial charge in [-0.3, -0.25) is 4.18 Å². The lowest BCUT2D eigenvalue weighted by molar-refractivity contribution is 0.0546. The Morgan fingerprint density at radius 2 is 1.12 bits per heavy atom. The maximum Gasteiger partial charge on any atom is 0.267 e. The fourth-order valence-electron chi connectivity index (χ4n) is 5.84. The van der Waals surface area contributed by atoms with E-state index in [0.717, 1.165) is 92.3 Å². The fourth-order valence-corrected chi connectivity index (χ4v) is 8.23. The van der Waals surface area contributed by atoms with Crippen molar-refractivity contribution >= 4 is 32.8 Å². The molecular weight excluding hydrogens is 697 g/mol. The van der Waals surface area contributed by atoms with Gasteiger partial charge in [0.15, 0.2) is 35.2 Å². The standard InChI is InChI=1S/C38H46O9S3/c39-50(40,18-8-4-2-6-12-30-14-10-16-32(20-30)42-22-34-24-44-36-26-49-28-38(36)47-34)45-17-7-3-1-5-11-29-13-9-15-31(19-29)41-21-33-23-43-35-25-48-27-37(35)46-33/h9-10,13-16,19-20,25-28,33-34H,1-8,11-12,17-18,21-24H2. The second kappa shape index (κ2) is 18.7. The van der Waals surface area contributed by atoms with Gasteiger partial charge in [0, 0.05) is 21.5 Å². The molecule has 0 amide bonds. The van der Waals surface area contributed by atoms with Gasteiger partial charge in [-0.25, -0.2) is 0 Å². The summed E-state index contributed by atoms with van der Waals surface area (Å²) in [5.41, 5.74) is 2.43. The maximum atomic E-state index is 12.4. The third-order valence-electron chi connectivity index (χ3n) is 8.52. The molecule has 0 radical (unpaired) electrons. The van der Waals surface area contributed by atoms with Gasteiger partial charge in [0.25, 0.3) is 10.1 Å². The predicted molar refractivity (Wildman–Crippen MR) is 196 cm³/mol. The Bertz CT molecular complexity index is 1720. The van der Waals surface area contributed by atoms with Gasteiger partial charge in [0.05, 0.1) is 12.4 Å². The third kappa shape index (κ3) is 11.5. The van der Waals surface area contributed by atoms with E-state index in [1.165, 1.54) is 11.1 Å². The van der Waals surface area contributed by atoms with E-state index in [0.29, 0.717) is 32.8 Å². The van der Waals surface area contributed by atoms with Gasteiger partial charge in [0.1, 0.15) is 37.9 Å². The van der Waals surface area contributed by atoms with E-state index >= 15 is 0 Å². The minimum absolute atomic E-state index is 0.0729. The normalized spacial score (nSPS) is 16.6. The first-order valence-electron chi connectivity index (χ1n) is 17.5. The van der Waals surface area contributed by atoms with Crippen LogP contribution < -0.4 is 28.4 Å². The molecule has 2 aromatic carbocycles. The number of hydrogen-bond donors (Lipinski definition) is 0. The van der Waals surface area contributed by atoms with Gasteiger partial charge >= 0.3 is 0 Å². The van der Waals surface area contributed by atoms with Crippen molar-refractivity contribution in [3.05, 3.63) is 81.2 Å². The molecule has 270 valence electrons. The zero-order valence-corrected chi connectivity index (χ0v) is 30.7. The van der Waals surface area contributed by atoms with Crippen LogP contribution >= 0.6 is 22.7 Å². The predicted octanol–water partition coefficient (Wildman–Crippen LogP) is 8.50. The van der Waals surface area contributed by atoms with Crippen LogP contribution in [-0.4, -0.2) is 59.4 Å². The van der Waals surface area contributed by atoms with Crippen LogP contribution in [0.3, 0.4) is 0 Å². The van der Waals surface area contributed by atoms with Crippen LogP contribution in [0.25, 0.3) is 0 Å². The van der Waals surface area contributed by atoms with Crippen molar-refractivity contribution in [2.75, 3.05) is 38.8 Å². The Morgan fingerprint density at radius 1 is 0.620 bits per heavy atom. The molecule has 0 saturated heterocycles. The van der Waals surface area contributed by atoms with E-state index < -0.39 is 10.1 Å². The SMILES string of the molecule is O=S(=O)(CCCCCCc1cccc(OCC2COc3cscc3O2)c1)OCCCCCCc1cccc(OCC2COc3cscc3O2)c1. The molecule has 4 aromatic rings. The molecule has 0 aliphatic carbocycles. The number of fused-ring (bicyclic) bond motifs is 2. The van der Waals surface area contributed by atoms with E-state index in [-0.39, 0.29) is 24.6 Å². The van der Waals surface area contributed by atoms with Gasteiger partial charge in [-0.05, 0) is 73.9 Å². The van der Waals surface area contributed by atoms with Crippen molar-refractivity contribution in [1.29, 1.82) is 0 Å². The van der Waals surface area contributed by atoms with Crippen LogP contribution in [0.15, 0.2) is 70.1 Å². The summed E-state index contributed by atoms with van der Waals surface area (Å²) in [5.74, 6) is 4.90. The largest absolute Gasteiger partial charge is 0.490 e. The highest BCUT2D eigenvalue weighted by atomic mass is 32.2. The quantitative estimate of drug-likeness (QED) is 0.0615. The minimum atomic E-state index is -3.49. The summed E-state index contributed by atoms with van der Waals surface area (Å²) in [7, 11) is -3.49. The minimum Gasteiger partial charge on any atom is -0.490 e. The van der Waals surface area contributed by atoms with Gasteiger partial charge in [-0.1, -0.05) is 49.9 Å². The van der Waals surface area contributed by atoms with E-state index in [1.807, 2.05) is 45.8 Å². The van der Waals surface area contributed by atoms with Crippen molar-refractivity contribution < 1.29 is 41.0 Å². The van der Waals surface area contributed by atoms with Crippen LogP contribution in [-0.2, 0) is 27.1 Å². The number of thiophene rings is 2. The molecule has 4 heterocycles. The Hall–Kier alpha value is -3.45. The van der Waals surface area contributed by atoms with Crippen molar-refractivity contribution in [3.8, 4) is 34.5 Å². The Kier molecular flexibility index (Phi) is 13.6. The number of rotatable bonds is 21. The van der Waals surface area contributed by atoms with Crippen LogP contribution in [0.2, 0.25) is 0 Å². The molecule has 2 aliphatic heterocycles. The van der Waals surface area contributed by atoms with Crippen molar-refractivity contribution in [3.63, 3.8) is 0 Å². The number of hydrogen-bond acceptors (Lipinski definition) is 11. The summed E-state index contributed by atoms with van der Waals surface area (Å²) < 4.78 is 65.3. The summed E-state index contributed by atoms with van der Waals surface area (Å²) in [5, 5.41) is 7.78. The summed E-state index contributed by atoms with van der Waals surface area (Å²) >= 11 is 3.13. The van der Waals surface area contributed by atoms with Crippen LogP contribution in [0, 0.1) is 0 Å². The highest BCUT2D eigenvalue weighted by molar-refractivity contribution is 7.86. The van der Waals surface area contributed by atoms with Crippen molar-refractivity contribution in [1.82, 2.24) is 0 Å². The third-order valence-corrected chi connectivity index (χ3v) is 11.2. The number of ether oxygens (including phenoxy) is 6. The molecule has 6 rings (SSSR count). The molecule has 2 aliphatic rings. The maximum absolute atomic E-state index is 12.4. The van der Waals surface area contributed by atoms with Crippen molar-refractivity contribution in [2.45, 2.75) is 76.4 Å². The van der Waals surface area contributed by atoms with Crippen LogP contribution in [0.5, 0.6) is 34.5 Å². The molecule has 0 fully saturated rings. The molecule has 50 heavy (non-hydrogen) atoms. The van der Waals surface area contributed by atoms with E-state index in [9.17, 15) is 8.42 Å². The summed E-state index contributed by atoms with van der Waals surface area (Å²) in [6, 6.07) is 16.3. The summed E-state index contributed by atoms with van der Waals surface area (Å²) in [6.45, 7) is 2.06. The lowest BCUT2D eigenvalue weighted by Crippen LogP contribution is -2.34. The first-order valence-corrected chi connectivity index (χ1v) is 21.0. The molecule has 2 atom stereocenters. The highest BCUT2D eigenvalue weighted by Gasteiger charge is 2.23. The van der Waals surface area contributed by atoms with E-state index in [2.05, 4.69) is 24.3 Å². The van der Waals surface area contributed by atoms with Gasteiger partial charge in [0.2, 0.25) is 0 Å². The van der Waals surface area contributed by atoms with Crippen molar-refractivity contribution in [2.24, 2.45) is 0 Å². The summed E-state index contributed by atoms with van der Waals surface area (Å²) in [4.78, 5) is 0. The first kappa shape index (κ1) is 36.3. The van der Waals surface area contributed by atoms with E-state index in [1.54, 1.807) is 22.7 Å². The smallest absolute Gasteiger partial charge is 0.267 e. The Morgan fingerprint density at radius 3 is 1.68 bits per heavy atom. The average molecular weight is 743 g/mol. The molecule has 0 spiro atoms. The Balaban J connectivity index is 0.762. The Labute approximate surface area is 303 Å². The number of aryl methyl sites for hydroxylation is 2. The van der Waals surface area contributed by atoms with Crippen LogP contribution in [0.1, 0.15) is 62.5 Å². The molecule has 0 bridgehead atoms. The monoisotopic (exact) mass is 742 g/mol. The number of benzene rings is 2. The molecule has 9 nitrogen and oxygen atoms in total. The lowest BCUT2D eigenvalue weighted by Gasteiger charge is -2.24. The number of unbranched alkanes of at least 4 members (excludes halogenated alkanes) is 6. The second-order valence-corrected chi connectivity index (χ2v) is 15.9. The molecule has 0 N–H and O–H groups in total. The van der Waals surface area contributed by atoms with Gasteiger partial charge in [-0.2, -0.15) is 8.42 Å². The zero-order chi connectivity index (χ0) is 34.4. The molecule has 2 unspecified atom stereocenters. The lowest BCUT2D eigenvalue weighted by atomic mass is 10.1. The summed E-state index contributed by atoms with van der Waals surface area (Å²) in [6.07, 6.45) is 8.72. The molecule has 12 heteroatoms. The van der Waals surface area contributed by atoms with Gasteiger partial charge < -0.3 is 28.4 Å². The molecular formula is C38H46O9S3. The van der Waals surface area contributed by atoms with Gasteiger partial charge in [-0.15, -0.1) is 22.7 Å². The molecule has 2 aromatic heterocycles. The second-order valence-electron chi connectivity index (χ2n) is 12.6. The average Bonchev–Trinajstić information content (AvgIpc) is 3.80. The van der Waals surface area contributed by atoms with Crippen LogP contribution in [0.4, 0.5) is 0 Å². The first-order chi connectivity index (χ1) is 24.5.